The summed E-state index contributed by atoms with van der Waals surface area (Å²) in [5.74, 6) is -1.54. The molecule has 0 aromatic rings. The van der Waals surface area contributed by atoms with E-state index in [-0.39, 0.29) is 36.9 Å². The molecule has 0 N–H and O–H groups in total. The van der Waals surface area contributed by atoms with Crippen LogP contribution in [0, 0.1) is 11.3 Å². The molecule has 0 bridgehead atoms. The van der Waals surface area contributed by atoms with Crippen LogP contribution in [0.2, 0.25) is 0 Å². The quantitative estimate of drug-likeness (QED) is 0.272. The van der Waals surface area contributed by atoms with Crippen molar-refractivity contribution < 1.29 is 57.4 Å². The second kappa shape index (κ2) is 16.9. The van der Waals surface area contributed by atoms with Gasteiger partial charge in [0.2, 0.25) is 0 Å². The highest BCUT2D eigenvalue weighted by Gasteiger charge is 2.57. The third-order valence-electron chi connectivity index (χ3n) is 8.01. The Balaban J connectivity index is 0.000000447. The van der Waals surface area contributed by atoms with E-state index in [1.807, 2.05) is 13.8 Å². The molecule has 2 aliphatic carbocycles. The zero-order valence-electron chi connectivity index (χ0n) is 26.9. The summed E-state index contributed by atoms with van der Waals surface area (Å²) >= 11 is 0. The van der Waals surface area contributed by atoms with E-state index in [0.29, 0.717) is 38.5 Å². The fraction of sp³-hybridized carbons (Fsp3) is 0.926. The topological polar surface area (TPSA) is 146 Å². The number of nitrogens with zero attached hydrogens (tertiary/aromatic N) is 2. The number of halogens is 3. The Labute approximate surface area is 260 Å². The minimum absolute atomic E-state index is 0.0851. The molecule has 2 atom stereocenters. The maximum absolute atomic E-state index is 13.0. The highest BCUT2D eigenvalue weighted by molar-refractivity contribution is 7.84. The van der Waals surface area contributed by atoms with Crippen molar-refractivity contribution in [2.24, 2.45) is 11.3 Å². The van der Waals surface area contributed by atoms with Crippen LogP contribution in [0.4, 0.5) is 13.2 Å². The summed E-state index contributed by atoms with van der Waals surface area (Å²) in [5.41, 5.74) is -2.53. The normalized spacial score (nSPS) is 25.4. The minimum Gasteiger partial charge on any atom is -0.462 e. The van der Waals surface area contributed by atoms with E-state index in [0.717, 1.165) is 22.0 Å². The van der Waals surface area contributed by atoms with Crippen LogP contribution in [-0.2, 0) is 48.0 Å². The van der Waals surface area contributed by atoms with Gasteiger partial charge >= 0.3 is 38.7 Å². The molecule has 2 rings (SSSR count). The van der Waals surface area contributed by atoms with Crippen LogP contribution in [0.15, 0.2) is 0 Å². The van der Waals surface area contributed by atoms with Crippen molar-refractivity contribution in [1.82, 2.24) is 8.61 Å². The molecule has 17 heteroatoms. The molecule has 0 aromatic carbocycles. The first kappa shape index (κ1) is 40.5. The molecule has 44 heavy (non-hydrogen) atoms. The Morgan fingerprint density at radius 2 is 1.07 bits per heavy atom. The molecule has 2 fully saturated rings. The number of hydrogen-bond donors (Lipinski definition) is 0. The van der Waals surface area contributed by atoms with Gasteiger partial charge in [0.05, 0.1) is 18.1 Å². The van der Waals surface area contributed by atoms with Gasteiger partial charge in [-0.15, -0.1) is 0 Å². The van der Waals surface area contributed by atoms with Crippen LogP contribution in [0.5, 0.6) is 0 Å². The summed E-state index contributed by atoms with van der Waals surface area (Å²) in [6.07, 6.45) is -2.40. The van der Waals surface area contributed by atoms with Crippen LogP contribution in [0.3, 0.4) is 0 Å². The summed E-state index contributed by atoms with van der Waals surface area (Å²) < 4.78 is 108. The second-order valence-corrected chi connectivity index (χ2v) is 15.4. The first-order valence-corrected chi connectivity index (χ1v) is 17.5. The average Bonchev–Trinajstić information content (AvgIpc) is 2.93. The van der Waals surface area contributed by atoms with E-state index in [1.54, 1.807) is 0 Å². The fourth-order valence-corrected chi connectivity index (χ4v) is 5.61. The van der Waals surface area contributed by atoms with Gasteiger partial charge in [-0.05, 0) is 71.1 Å². The first-order valence-electron chi connectivity index (χ1n) is 14.8. The van der Waals surface area contributed by atoms with Gasteiger partial charge in [0.15, 0.2) is 5.41 Å². The number of alkyl halides is 3. The molecule has 0 spiro atoms. The van der Waals surface area contributed by atoms with Crippen LogP contribution in [0.1, 0.15) is 91.9 Å². The maximum Gasteiger partial charge on any atom is 0.404 e. The highest BCUT2D eigenvalue weighted by Crippen LogP contribution is 2.42. The third kappa shape index (κ3) is 12.0. The van der Waals surface area contributed by atoms with Crippen molar-refractivity contribution in [3.8, 4) is 0 Å². The molecule has 12 nitrogen and oxygen atoms in total. The second-order valence-electron chi connectivity index (χ2n) is 11.8. The Bertz CT molecular complexity index is 1130. The zero-order valence-corrected chi connectivity index (χ0v) is 28.5. The number of esters is 2. The number of hydrogen-bond acceptors (Lipinski definition) is 10. The summed E-state index contributed by atoms with van der Waals surface area (Å²) in [6, 6.07) is 0. The molecule has 260 valence electrons. The highest BCUT2D eigenvalue weighted by atomic mass is 32.2. The standard InChI is InChI=1S/C14H24F3NO5S.C13H25NO5S/c1-5-13(2,14(15,16)17)12(19)22-10-6-8-11(9-7-10)23-24(20,21)18(3)4;1-5-10(2)13(15)18-11-6-8-12(9-7-11)19-20(16,17)14(3)4/h10-11H,5-9H2,1-4H3;10-12H,5-9H2,1-4H3. The van der Waals surface area contributed by atoms with E-state index >= 15 is 0 Å². The van der Waals surface area contributed by atoms with Crippen LogP contribution in [0.25, 0.3) is 0 Å². The Morgan fingerprint density at radius 1 is 0.727 bits per heavy atom. The van der Waals surface area contributed by atoms with Crippen molar-refractivity contribution in [3.63, 3.8) is 0 Å². The van der Waals surface area contributed by atoms with E-state index < -0.39 is 56.8 Å². The Hall–Kier alpha value is -1.53. The lowest BCUT2D eigenvalue weighted by Gasteiger charge is -2.33. The number of carbonyl (C=O) groups excluding carboxylic acids is 2. The molecule has 2 saturated carbocycles. The first-order chi connectivity index (χ1) is 20.1. The van der Waals surface area contributed by atoms with Crippen LogP contribution in [-0.4, -0.2) is 96.2 Å². The van der Waals surface area contributed by atoms with E-state index in [2.05, 4.69) is 0 Å². The molecular formula is C27H49F3N2O10S2. The van der Waals surface area contributed by atoms with Crippen molar-refractivity contribution in [2.75, 3.05) is 28.2 Å². The van der Waals surface area contributed by atoms with Crippen molar-refractivity contribution in [3.05, 3.63) is 0 Å². The maximum atomic E-state index is 13.0. The SMILES string of the molecule is CCC(C)(C(=O)OC1CCC(OS(=O)(=O)N(C)C)CC1)C(F)(F)F.CCC(C)C(=O)OC1CCC(OS(=O)(=O)N(C)C)CC1. The number of ether oxygens (including phenoxy) is 2. The summed E-state index contributed by atoms with van der Waals surface area (Å²) in [5, 5.41) is 0. The molecule has 0 aromatic heterocycles. The van der Waals surface area contributed by atoms with Crippen LogP contribution >= 0.6 is 0 Å². The van der Waals surface area contributed by atoms with Gasteiger partial charge in [-0.25, -0.2) is 0 Å². The van der Waals surface area contributed by atoms with Gasteiger partial charge < -0.3 is 9.47 Å². The van der Waals surface area contributed by atoms with Crippen LogP contribution < -0.4 is 0 Å². The van der Waals surface area contributed by atoms with Gasteiger partial charge in [-0.3, -0.25) is 18.0 Å². The lowest BCUT2D eigenvalue weighted by atomic mass is 9.86. The Morgan fingerprint density at radius 3 is 1.36 bits per heavy atom. The molecule has 0 radical (unpaired) electrons. The van der Waals surface area contributed by atoms with Crippen molar-refractivity contribution in [1.29, 1.82) is 0 Å². The molecular weight excluding hydrogens is 633 g/mol. The molecule has 0 amide bonds. The third-order valence-corrected chi connectivity index (χ3v) is 10.8. The van der Waals surface area contributed by atoms with Gasteiger partial charge in [0, 0.05) is 28.2 Å². The largest absolute Gasteiger partial charge is 0.462 e. The minimum atomic E-state index is -4.68. The summed E-state index contributed by atoms with van der Waals surface area (Å²) in [4.78, 5) is 23.6. The summed E-state index contributed by atoms with van der Waals surface area (Å²) in [6.45, 7) is 5.91. The molecule has 2 unspecified atom stereocenters. The predicted molar refractivity (Wildman–Crippen MR) is 156 cm³/mol. The van der Waals surface area contributed by atoms with Gasteiger partial charge in [0.1, 0.15) is 12.2 Å². The lowest BCUT2D eigenvalue weighted by molar-refractivity contribution is -0.234. The summed E-state index contributed by atoms with van der Waals surface area (Å²) in [7, 11) is -1.88. The Kier molecular flexibility index (Phi) is 15.5. The van der Waals surface area contributed by atoms with E-state index in [9.17, 15) is 39.6 Å². The molecule has 2 aliphatic rings. The molecule has 0 aliphatic heterocycles. The van der Waals surface area contributed by atoms with E-state index in [4.69, 9.17) is 17.8 Å². The number of rotatable bonds is 12. The van der Waals surface area contributed by atoms with Gasteiger partial charge in [-0.2, -0.15) is 38.6 Å². The fourth-order valence-electron chi connectivity index (χ4n) is 4.20. The molecule has 0 saturated heterocycles. The average molecular weight is 683 g/mol. The van der Waals surface area contributed by atoms with E-state index in [1.165, 1.54) is 35.1 Å². The molecule has 0 heterocycles. The predicted octanol–water partition coefficient (Wildman–Crippen LogP) is 4.35. The van der Waals surface area contributed by atoms with Crippen molar-refractivity contribution >= 4 is 32.5 Å². The zero-order chi connectivity index (χ0) is 34.1. The van der Waals surface area contributed by atoms with Gasteiger partial charge in [-0.1, -0.05) is 20.8 Å². The smallest absolute Gasteiger partial charge is 0.404 e. The van der Waals surface area contributed by atoms with Crippen molar-refractivity contribution in [2.45, 2.75) is 122 Å². The lowest BCUT2D eigenvalue weighted by Crippen LogP contribution is -2.45. The monoisotopic (exact) mass is 682 g/mol. The van der Waals surface area contributed by atoms with Gasteiger partial charge in [0.25, 0.3) is 0 Å². The number of carbonyl (C=O) groups is 2.